The van der Waals surface area contributed by atoms with Gasteiger partial charge in [-0.3, -0.25) is 0 Å². The van der Waals surface area contributed by atoms with Gasteiger partial charge in [-0.25, -0.2) is 0 Å². The summed E-state index contributed by atoms with van der Waals surface area (Å²) in [5.74, 6) is 3.81. The van der Waals surface area contributed by atoms with Crippen LogP contribution in [0.15, 0.2) is 11.5 Å². The van der Waals surface area contributed by atoms with Crippen LogP contribution in [0.5, 0.6) is 0 Å². The monoisotopic (exact) mass is 166 g/mol. The first-order valence-corrected chi connectivity index (χ1v) is 5.41. The van der Waals surface area contributed by atoms with Gasteiger partial charge in [0.1, 0.15) is 0 Å². The zero-order chi connectivity index (χ0) is 8.10. The maximum atomic E-state index is 3.27. The molecule has 0 aromatic rings. The Morgan fingerprint density at radius 3 is 3.00 bits per heavy atom. The van der Waals surface area contributed by atoms with Gasteiger partial charge >= 0.3 is 0 Å². The highest BCUT2D eigenvalue weighted by atomic mass is 32.2. The van der Waals surface area contributed by atoms with E-state index in [4.69, 9.17) is 0 Å². The fourth-order valence-corrected chi connectivity index (χ4v) is 1.96. The first-order chi connectivity index (χ1) is 5.33. The topological polar surface area (TPSA) is 0 Å². The van der Waals surface area contributed by atoms with Crippen LogP contribution in [0, 0.1) is 17.1 Å². The number of hydrogen-bond donors (Lipinski definition) is 0. The largest absolute Gasteiger partial charge is 0.0910 e. The van der Waals surface area contributed by atoms with Crippen molar-refractivity contribution < 1.29 is 0 Å². The molecule has 1 heterocycles. The van der Waals surface area contributed by atoms with Gasteiger partial charge in [-0.2, -0.15) is 0 Å². The predicted molar refractivity (Wildman–Crippen MR) is 54.6 cm³/mol. The second kappa shape index (κ2) is 4.41. The van der Waals surface area contributed by atoms with Crippen molar-refractivity contribution in [2.75, 3.05) is 0 Å². The van der Waals surface area contributed by atoms with Gasteiger partial charge in [0.2, 0.25) is 0 Å². The summed E-state index contributed by atoms with van der Waals surface area (Å²) in [6.07, 6.45) is 4.46. The summed E-state index contributed by atoms with van der Waals surface area (Å²) in [5, 5.41) is 7.74. The molecule has 1 heteroatoms. The molecule has 0 aromatic carbocycles. The molecule has 0 saturated heterocycles. The van der Waals surface area contributed by atoms with Crippen molar-refractivity contribution >= 4 is 15.9 Å². The van der Waals surface area contributed by atoms with E-state index in [1.165, 1.54) is 0 Å². The van der Waals surface area contributed by atoms with Crippen molar-refractivity contribution in [2.24, 2.45) is 5.92 Å². The zero-order valence-electron chi connectivity index (χ0n) is 7.13. The van der Waals surface area contributed by atoms with E-state index in [-0.39, 0.29) is 10.5 Å². The molecule has 0 radical (unpaired) electrons. The highest BCUT2D eigenvalue weighted by Gasteiger charge is 1.92. The van der Waals surface area contributed by atoms with Crippen LogP contribution in [0.3, 0.4) is 0 Å². The molecule has 0 aliphatic carbocycles. The average molecular weight is 166 g/mol. The highest BCUT2D eigenvalue weighted by molar-refractivity contribution is 8.21. The molecule has 1 aliphatic rings. The van der Waals surface area contributed by atoms with Crippen molar-refractivity contribution in [1.82, 2.24) is 0 Å². The zero-order valence-corrected chi connectivity index (χ0v) is 7.95. The van der Waals surface area contributed by atoms with Crippen LogP contribution >= 0.6 is 10.5 Å². The van der Waals surface area contributed by atoms with E-state index in [1.807, 2.05) is 0 Å². The Labute approximate surface area is 71.6 Å². The third kappa shape index (κ3) is 2.95. The number of allylic oxidation sites excluding steroid dienone is 1. The molecule has 2 atom stereocenters. The van der Waals surface area contributed by atoms with Gasteiger partial charge in [0.05, 0.1) is 0 Å². The Morgan fingerprint density at radius 2 is 2.45 bits per heavy atom. The van der Waals surface area contributed by atoms with E-state index in [9.17, 15) is 0 Å². The standard InChI is InChI=1S/C10H14S/c1-3-10(2)6-9-11-7-4-5-8-11/h4,7-8,10H,3,5H2,1-2H3. The molecular weight excluding hydrogens is 152 g/mol. The van der Waals surface area contributed by atoms with Crippen LogP contribution in [-0.4, -0.2) is 5.37 Å². The summed E-state index contributed by atoms with van der Waals surface area (Å²) < 4.78 is 0. The van der Waals surface area contributed by atoms with Gasteiger partial charge in [-0.1, -0.05) is 36.3 Å². The fourth-order valence-electron chi connectivity index (χ4n) is 0.720. The van der Waals surface area contributed by atoms with Gasteiger partial charge in [-0.15, -0.1) is 0 Å². The average Bonchev–Trinajstić information content (AvgIpc) is 2.52. The lowest BCUT2D eigenvalue weighted by Crippen LogP contribution is -1.83. The summed E-state index contributed by atoms with van der Waals surface area (Å²) in [6.45, 7) is 4.35. The minimum absolute atomic E-state index is 0.184. The van der Waals surface area contributed by atoms with Crippen LogP contribution in [0.4, 0.5) is 0 Å². The lowest BCUT2D eigenvalue weighted by atomic mass is 10.1. The van der Waals surface area contributed by atoms with Crippen molar-refractivity contribution in [3.05, 3.63) is 11.5 Å². The predicted octanol–water partition coefficient (Wildman–Crippen LogP) is 2.98. The quantitative estimate of drug-likeness (QED) is 0.415. The highest BCUT2D eigenvalue weighted by Crippen LogP contribution is 2.18. The number of hydrogen-bond acceptors (Lipinski definition) is 0. The van der Waals surface area contributed by atoms with Gasteiger partial charge < -0.3 is 0 Å². The van der Waals surface area contributed by atoms with Crippen LogP contribution in [-0.2, 0) is 0 Å². The molecule has 1 rings (SSSR count). The Hall–Kier alpha value is -0.480. The molecule has 0 nitrogen and oxygen atoms in total. The van der Waals surface area contributed by atoms with E-state index >= 15 is 0 Å². The van der Waals surface area contributed by atoms with Crippen molar-refractivity contribution in [3.8, 4) is 11.2 Å². The Bertz CT molecular complexity index is 237. The third-order valence-electron chi connectivity index (χ3n) is 1.69. The molecule has 0 amide bonds. The Morgan fingerprint density at radius 1 is 1.64 bits per heavy atom. The first-order valence-electron chi connectivity index (χ1n) is 4.06. The van der Waals surface area contributed by atoms with Crippen LogP contribution in [0.25, 0.3) is 0 Å². The molecule has 0 fully saturated rings. The van der Waals surface area contributed by atoms with Gasteiger partial charge in [0.25, 0.3) is 0 Å². The molecule has 0 N–H and O–H groups in total. The first kappa shape index (κ1) is 8.62. The van der Waals surface area contributed by atoms with Gasteiger partial charge in [0, 0.05) is 5.92 Å². The summed E-state index contributed by atoms with van der Waals surface area (Å²) >= 11 is 0. The smallest absolute Gasteiger partial charge is 0.0180 e. The van der Waals surface area contributed by atoms with E-state index in [2.05, 4.69) is 41.9 Å². The maximum Gasteiger partial charge on any atom is 0.0180 e. The summed E-state index contributed by atoms with van der Waals surface area (Å²) in [7, 11) is 0.184. The molecule has 0 saturated carbocycles. The summed E-state index contributed by atoms with van der Waals surface area (Å²) in [4.78, 5) is 0. The van der Waals surface area contributed by atoms with Crippen LogP contribution in [0.2, 0.25) is 0 Å². The molecule has 11 heavy (non-hydrogen) atoms. The SMILES string of the molecule is CCC(C)C#CS1=CCC=C1. The van der Waals surface area contributed by atoms with E-state index in [1.54, 1.807) is 0 Å². The molecule has 0 bridgehead atoms. The molecule has 60 valence electrons. The van der Waals surface area contributed by atoms with Gasteiger partial charge in [0.15, 0.2) is 0 Å². The lowest BCUT2D eigenvalue weighted by molar-refractivity contribution is 0.724. The van der Waals surface area contributed by atoms with Crippen molar-refractivity contribution in [1.29, 1.82) is 0 Å². The molecular formula is C10H14S. The molecule has 0 spiro atoms. The van der Waals surface area contributed by atoms with Crippen LogP contribution < -0.4 is 0 Å². The minimum atomic E-state index is 0.184. The van der Waals surface area contributed by atoms with Crippen molar-refractivity contribution in [2.45, 2.75) is 26.7 Å². The second-order valence-corrected chi connectivity index (χ2v) is 4.25. The van der Waals surface area contributed by atoms with Crippen LogP contribution in [0.1, 0.15) is 26.7 Å². The Balaban J connectivity index is 2.49. The minimum Gasteiger partial charge on any atom is -0.0910 e. The summed E-state index contributed by atoms with van der Waals surface area (Å²) in [6, 6.07) is 0. The molecule has 1 aliphatic heterocycles. The molecule has 2 unspecified atom stereocenters. The van der Waals surface area contributed by atoms with E-state index in [0.717, 1.165) is 12.8 Å². The molecule has 0 aromatic heterocycles. The van der Waals surface area contributed by atoms with Gasteiger partial charge in [-0.05, 0) is 28.9 Å². The number of rotatable bonds is 1. The third-order valence-corrected chi connectivity index (χ3v) is 3.08. The lowest BCUT2D eigenvalue weighted by Gasteiger charge is -1.94. The van der Waals surface area contributed by atoms with Crippen molar-refractivity contribution in [3.63, 3.8) is 0 Å². The van der Waals surface area contributed by atoms with E-state index < -0.39 is 0 Å². The second-order valence-electron chi connectivity index (χ2n) is 2.70. The normalized spacial score (nSPS) is 23.6. The maximum absolute atomic E-state index is 3.27. The fraction of sp³-hybridized carbons (Fsp3) is 0.500. The van der Waals surface area contributed by atoms with E-state index in [0.29, 0.717) is 5.92 Å². The summed E-state index contributed by atoms with van der Waals surface area (Å²) in [5.41, 5.74) is 0. The Kier molecular flexibility index (Phi) is 3.45.